The molecule has 0 fully saturated rings. The van der Waals surface area contributed by atoms with Crippen LogP contribution in [0.3, 0.4) is 0 Å². The van der Waals surface area contributed by atoms with Gasteiger partial charge in [-0.25, -0.2) is 9.50 Å². The van der Waals surface area contributed by atoms with Gasteiger partial charge in [-0.2, -0.15) is 5.10 Å². The van der Waals surface area contributed by atoms with Crippen LogP contribution < -0.4 is 5.32 Å². The van der Waals surface area contributed by atoms with Crippen molar-refractivity contribution in [2.45, 2.75) is 52.1 Å². The largest absolute Gasteiger partial charge is 0.312 e. The first kappa shape index (κ1) is 21.3. The predicted molar refractivity (Wildman–Crippen MR) is 125 cm³/mol. The highest BCUT2D eigenvalue weighted by Crippen LogP contribution is 2.27. The van der Waals surface area contributed by atoms with Crippen molar-refractivity contribution in [2.24, 2.45) is 0 Å². The van der Waals surface area contributed by atoms with Gasteiger partial charge in [0, 0.05) is 36.5 Å². The minimum Gasteiger partial charge on any atom is -0.312 e. The molecule has 4 aromatic heterocycles. The second kappa shape index (κ2) is 9.49. The Morgan fingerprint density at radius 3 is 2.84 bits per heavy atom. The van der Waals surface area contributed by atoms with E-state index in [0.717, 1.165) is 34.6 Å². The minimum atomic E-state index is 0.136. The fourth-order valence-corrected chi connectivity index (χ4v) is 4.38. The van der Waals surface area contributed by atoms with Crippen LogP contribution in [0.15, 0.2) is 54.3 Å². The Hall–Kier alpha value is -2.90. The van der Waals surface area contributed by atoms with Gasteiger partial charge in [0.05, 0.1) is 28.0 Å². The van der Waals surface area contributed by atoms with E-state index in [1.54, 1.807) is 34.3 Å². The van der Waals surface area contributed by atoms with Crippen molar-refractivity contribution in [1.82, 2.24) is 24.9 Å². The molecule has 0 aliphatic heterocycles. The number of hydrogen-bond donors (Lipinski definition) is 1. The summed E-state index contributed by atoms with van der Waals surface area (Å²) in [6.45, 7) is 6.42. The molecule has 0 radical (unpaired) electrons. The third-order valence-electron chi connectivity index (χ3n) is 5.28. The number of carbonyl (C=O) groups is 1. The molecular weight excluding hydrogens is 406 g/mol. The van der Waals surface area contributed by atoms with E-state index in [4.69, 9.17) is 4.98 Å². The molecule has 0 saturated heterocycles. The Labute approximate surface area is 186 Å². The van der Waals surface area contributed by atoms with Gasteiger partial charge in [-0.1, -0.05) is 26.8 Å². The molecule has 4 rings (SSSR count). The van der Waals surface area contributed by atoms with Crippen LogP contribution in [0, 0.1) is 0 Å². The van der Waals surface area contributed by atoms with Crippen molar-refractivity contribution in [3.63, 3.8) is 0 Å². The quantitative estimate of drug-likeness (QED) is 0.365. The molecule has 1 unspecified atom stereocenters. The number of hydrogen-bond acceptors (Lipinski definition) is 6. The Balaban J connectivity index is 1.57. The summed E-state index contributed by atoms with van der Waals surface area (Å²) in [4.78, 5) is 23.3. The zero-order valence-corrected chi connectivity index (χ0v) is 18.9. The van der Waals surface area contributed by atoms with Crippen molar-refractivity contribution in [3.05, 3.63) is 59.9 Å². The maximum absolute atomic E-state index is 12.9. The lowest BCUT2D eigenvalue weighted by molar-refractivity contribution is 0.0975. The lowest BCUT2D eigenvalue weighted by Gasteiger charge is -2.19. The highest BCUT2D eigenvalue weighted by Gasteiger charge is 2.15. The minimum absolute atomic E-state index is 0.136. The SMILES string of the molecule is CCC(CCC(=O)c1ccnc(-c2cnn3ccc(-c4cccs4)nc23)c1)NC(C)C. The summed E-state index contributed by atoms with van der Waals surface area (Å²) in [5.74, 6) is 0.136. The number of pyridine rings is 1. The molecule has 0 bridgehead atoms. The van der Waals surface area contributed by atoms with E-state index in [1.807, 2.05) is 29.8 Å². The van der Waals surface area contributed by atoms with E-state index >= 15 is 0 Å². The van der Waals surface area contributed by atoms with Crippen LogP contribution in [0.2, 0.25) is 0 Å². The summed E-state index contributed by atoms with van der Waals surface area (Å²) in [5, 5.41) is 9.98. The summed E-state index contributed by atoms with van der Waals surface area (Å²) < 4.78 is 1.74. The fraction of sp³-hybridized carbons (Fsp3) is 0.333. The molecular formula is C24H27N5OS. The van der Waals surface area contributed by atoms with Crippen molar-refractivity contribution >= 4 is 22.8 Å². The van der Waals surface area contributed by atoms with E-state index in [0.29, 0.717) is 29.8 Å². The third-order valence-corrected chi connectivity index (χ3v) is 6.17. The smallest absolute Gasteiger partial charge is 0.165 e. The Bertz CT molecular complexity index is 1170. The number of aromatic nitrogens is 4. The molecule has 31 heavy (non-hydrogen) atoms. The normalized spacial score (nSPS) is 12.5. The first-order valence-corrected chi connectivity index (χ1v) is 11.6. The molecule has 160 valence electrons. The second-order valence-corrected chi connectivity index (χ2v) is 8.88. The Morgan fingerprint density at radius 1 is 1.23 bits per heavy atom. The predicted octanol–water partition coefficient (Wildman–Crippen LogP) is 5.26. The molecule has 1 N–H and O–H groups in total. The molecule has 4 aromatic rings. The van der Waals surface area contributed by atoms with Crippen LogP contribution in [0.5, 0.6) is 0 Å². The number of carbonyl (C=O) groups excluding carboxylic acids is 1. The zero-order valence-electron chi connectivity index (χ0n) is 18.1. The van der Waals surface area contributed by atoms with Crippen LogP contribution in [-0.4, -0.2) is 37.4 Å². The number of Topliss-reactive ketones (excluding diaryl/α,β-unsaturated/α-hetero) is 1. The first-order valence-electron chi connectivity index (χ1n) is 10.7. The molecule has 0 aliphatic rings. The maximum atomic E-state index is 12.9. The highest BCUT2D eigenvalue weighted by atomic mass is 32.1. The summed E-state index contributed by atoms with van der Waals surface area (Å²) in [6, 6.07) is 10.4. The van der Waals surface area contributed by atoms with E-state index in [2.05, 4.69) is 42.2 Å². The van der Waals surface area contributed by atoms with Gasteiger partial charge >= 0.3 is 0 Å². The molecule has 7 heteroatoms. The first-order chi connectivity index (χ1) is 15.0. The maximum Gasteiger partial charge on any atom is 0.165 e. The molecule has 0 amide bonds. The highest BCUT2D eigenvalue weighted by molar-refractivity contribution is 7.13. The molecule has 0 spiro atoms. The van der Waals surface area contributed by atoms with Gasteiger partial charge < -0.3 is 5.32 Å². The van der Waals surface area contributed by atoms with Crippen LogP contribution in [0.1, 0.15) is 50.4 Å². The van der Waals surface area contributed by atoms with Gasteiger partial charge in [0.25, 0.3) is 0 Å². The summed E-state index contributed by atoms with van der Waals surface area (Å²) in [5.41, 5.74) is 3.85. The number of nitrogens with one attached hydrogen (secondary N) is 1. The van der Waals surface area contributed by atoms with E-state index in [-0.39, 0.29) is 5.78 Å². The van der Waals surface area contributed by atoms with Crippen LogP contribution in [0.25, 0.3) is 27.5 Å². The fourth-order valence-electron chi connectivity index (χ4n) is 3.69. The second-order valence-electron chi connectivity index (χ2n) is 7.93. The molecule has 6 nitrogen and oxygen atoms in total. The molecule has 0 aromatic carbocycles. The van der Waals surface area contributed by atoms with E-state index in [9.17, 15) is 4.79 Å². The van der Waals surface area contributed by atoms with E-state index in [1.165, 1.54) is 0 Å². The standard InChI is InChI=1S/C24H27N5OS/c1-4-18(27-16(2)3)7-8-22(30)17-9-11-25-21(14-17)19-15-26-29-12-10-20(28-24(19)29)23-6-5-13-31-23/h5-6,9-16,18,27H,4,7-8H2,1-3H3. The lowest BCUT2D eigenvalue weighted by atomic mass is 10.0. The van der Waals surface area contributed by atoms with Crippen LogP contribution >= 0.6 is 11.3 Å². The van der Waals surface area contributed by atoms with Crippen LogP contribution in [-0.2, 0) is 0 Å². The van der Waals surface area contributed by atoms with Gasteiger partial charge in [-0.05, 0) is 42.5 Å². The van der Waals surface area contributed by atoms with Crippen molar-refractivity contribution in [1.29, 1.82) is 0 Å². The monoisotopic (exact) mass is 433 g/mol. The lowest BCUT2D eigenvalue weighted by Crippen LogP contribution is -2.34. The summed E-state index contributed by atoms with van der Waals surface area (Å²) >= 11 is 1.65. The van der Waals surface area contributed by atoms with Gasteiger partial charge in [0.15, 0.2) is 11.4 Å². The van der Waals surface area contributed by atoms with Gasteiger partial charge in [0.1, 0.15) is 0 Å². The average molecular weight is 434 g/mol. The van der Waals surface area contributed by atoms with Crippen molar-refractivity contribution in [3.8, 4) is 21.8 Å². The van der Waals surface area contributed by atoms with Gasteiger partial charge in [-0.3, -0.25) is 9.78 Å². The Kier molecular flexibility index (Phi) is 6.53. The van der Waals surface area contributed by atoms with Crippen LogP contribution in [0.4, 0.5) is 0 Å². The average Bonchev–Trinajstić information content (AvgIpc) is 3.45. The molecule has 0 saturated carbocycles. The van der Waals surface area contributed by atoms with Crippen molar-refractivity contribution < 1.29 is 4.79 Å². The number of thiophene rings is 1. The van der Waals surface area contributed by atoms with Crippen molar-refractivity contribution in [2.75, 3.05) is 0 Å². The van der Waals surface area contributed by atoms with Gasteiger partial charge in [0.2, 0.25) is 0 Å². The topological polar surface area (TPSA) is 72.2 Å². The number of ketones is 1. The number of fused-ring (bicyclic) bond motifs is 1. The summed E-state index contributed by atoms with van der Waals surface area (Å²) in [7, 11) is 0. The third kappa shape index (κ3) is 4.89. The number of rotatable bonds is 9. The molecule has 4 heterocycles. The van der Waals surface area contributed by atoms with E-state index < -0.39 is 0 Å². The molecule has 1 atom stereocenters. The zero-order chi connectivity index (χ0) is 21.8. The number of nitrogens with zero attached hydrogens (tertiary/aromatic N) is 4. The Morgan fingerprint density at radius 2 is 2.10 bits per heavy atom. The summed E-state index contributed by atoms with van der Waals surface area (Å²) in [6.07, 6.45) is 7.71. The molecule has 0 aliphatic carbocycles. The van der Waals surface area contributed by atoms with Gasteiger partial charge in [-0.15, -0.1) is 11.3 Å².